The van der Waals surface area contributed by atoms with Crippen molar-refractivity contribution in [2.24, 2.45) is 11.8 Å². The van der Waals surface area contributed by atoms with Gasteiger partial charge in [0.25, 0.3) is 0 Å². The Morgan fingerprint density at radius 3 is 1.02 bits per heavy atom. The van der Waals surface area contributed by atoms with Gasteiger partial charge < -0.3 is 58.0 Å². The molecule has 6 atom stereocenters. The number of hydrogen-bond acceptors (Lipinski definition) is 20. The molecule has 23 nitrogen and oxygen atoms in total. The van der Waals surface area contributed by atoms with E-state index >= 15 is 0 Å². The first-order valence-corrected chi connectivity index (χ1v) is 38.9. The molecular weight excluding hydrogens is 1870 g/mol. The highest BCUT2D eigenvalue weighted by atomic mass is 79.9. The summed E-state index contributed by atoms with van der Waals surface area (Å²) in [6, 6.07) is 28.9. The number of aliphatic carboxylic acids is 3. The number of carboxylic acid groups (broad SMARTS) is 3. The van der Waals surface area contributed by atoms with Crippen LogP contribution in [0.3, 0.4) is 0 Å². The minimum atomic E-state index is -2.10. The lowest BCUT2D eigenvalue weighted by molar-refractivity contribution is -0.162. The molecule has 0 aromatic heterocycles. The summed E-state index contributed by atoms with van der Waals surface area (Å²) in [5.74, 6) is -4.06. The van der Waals surface area contributed by atoms with E-state index in [1.165, 1.54) is 64.0 Å². The summed E-state index contributed by atoms with van der Waals surface area (Å²) >= 11 is 30.1. The molecule has 0 heterocycles. The van der Waals surface area contributed by atoms with Crippen LogP contribution in [0.25, 0.3) is 5.57 Å². The second-order valence-corrected chi connectivity index (χ2v) is 29.9. The molecule has 7 rings (SSSR count). The van der Waals surface area contributed by atoms with Crippen molar-refractivity contribution in [3.05, 3.63) is 178 Å². The summed E-state index contributed by atoms with van der Waals surface area (Å²) in [5.41, 5.74) is 3.11. The van der Waals surface area contributed by atoms with E-state index in [2.05, 4.69) is 42.7 Å². The zero-order chi connectivity index (χ0) is 87.7. The van der Waals surface area contributed by atoms with E-state index in [0.717, 1.165) is 40.7 Å². The van der Waals surface area contributed by atoms with E-state index in [1.807, 2.05) is 19.9 Å². The van der Waals surface area contributed by atoms with Crippen LogP contribution in [0.4, 0.5) is 0 Å². The topological polar surface area (TPSA) is 332 Å². The van der Waals surface area contributed by atoms with Crippen LogP contribution in [0.15, 0.2) is 124 Å². The molecule has 0 saturated heterocycles. The van der Waals surface area contributed by atoms with Gasteiger partial charge in [-0.2, -0.15) is 81.0 Å². The summed E-state index contributed by atoms with van der Waals surface area (Å²) in [5, 5.41) is 28.4. The fourth-order valence-electron chi connectivity index (χ4n) is 9.57. The molecule has 0 aliphatic heterocycles. The first kappa shape index (κ1) is 116. The number of hydrogen-bond donors (Lipinski definition) is 3. The number of allylic oxidation sites excluding steroid dienone is 2. The SMILES string of the molecule is CCC(=O)c1cc(Br)ccc1O[C@H](C(=O)O)C(C)C.CCC(=O)c1cc(Br)ccc1O[C@H](C(=O)OC)C(C)C.CCC(=O)c1cc(Cl)ccc1O[C@@H](C)C(=O)O.CCC(=O)c1cc(Cl)ccc1O[C@@H](C)C(=O)OC(C)(C)C.COC(=O)[C@H](C)Oc1ccc(Cl)cc1C1=CCCC1.S.S.S.S.S.S.[2H]C([2H])(C)C(=O)c1cc(Cl)ccc1O[C@@H](C)C(=O)O. The lowest BCUT2D eigenvalue weighted by atomic mass is 10.0. The van der Waals surface area contributed by atoms with Gasteiger partial charge in [-0.1, -0.05) is 147 Å². The van der Waals surface area contributed by atoms with E-state index in [-0.39, 0.29) is 144 Å². The first-order chi connectivity index (χ1) is 53.6. The molecule has 1 aliphatic rings. The maximum Gasteiger partial charge on any atom is 0.347 e. The molecule has 119 heavy (non-hydrogen) atoms. The largest absolute Gasteiger partial charge is 0.479 e. The molecule has 35 heteroatoms. The number of rotatable bonds is 31. The zero-order valence-corrected chi connectivity index (χ0v) is 81.5. The van der Waals surface area contributed by atoms with Crippen molar-refractivity contribution < 1.29 is 113 Å². The highest BCUT2D eigenvalue weighted by Gasteiger charge is 2.30. The van der Waals surface area contributed by atoms with Crippen molar-refractivity contribution in [2.45, 2.75) is 204 Å². The van der Waals surface area contributed by atoms with Gasteiger partial charge in [0.05, 0.1) is 42.0 Å². The van der Waals surface area contributed by atoms with Crippen LogP contribution in [0, 0.1) is 11.8 Å². The predicted molar refractivity (Wildman–Crippen MR) is 503 cm³/mol. The van der Waals surface area contributed by atoms with Crippen LogP contribution < -0.4 is 28.4 Å². The van der Waals surface area contributed by atoms with Crippen molar-refractivity contribution >= 4 is 230 Å². The van der Waals surface area contributed by atoms with E-state index in [1.54, 1.807) is 149 Å². The van der Waals surface area contributed by atoms with E-state index in [9.17, 15) is 52.7 Å². The Morgan fingerprint density at radius 2 is 0.706 bits per heavy atom. The number of ketones is 5. The molecule has 664 valence electrons. The van der Waals surface area contributed by atoms with E-state index < -0.39 is 84.2 Å². The number of Topliss-reactive ketones (excluding diaryl/α,β-unsaturated/α-hetero) is 5. The number of carbonyl (C=O) groups excluding carboxylic acids is 8. The second-order valence-electron chi connectivity index (χ2n) is 26.4. The molecule has 0 amide bonds. The summed E-state index contributed by atoms with van der Waals surface area (Å²) in [4.78, 5) is 127. The van der Waals surface area contributed by atoms with Gasteiger partial charge in [0.2, 0.25) is 0 Å². The number of benzene rings is 6. The quantitative estimate of drug-likeness (QED) is 0.0207. The fourth-order valence-corrected chi connectivity index (χ4v) is 11.0. The monoisotopic (exact) mass is 1980 g/mol. The Labute approximate surface area is 779 Å². The summed E-state index contributed by atoms with van der Waals surface area (Å²) in [6.45, 7) is 26.7. The third kappa shape index (κ3) is 42.3. The van der Waals surface area contributed by atoms with Crippen molar-refractivity contribution in [1.82, 2.24) is 0 Å². The first-order valence-electron chi connectivity index (χ1n) is 36.8. The Kier molecular flexibility index (Phi) is 59.4. The van der Waals surface area contributed by atoms with Crippen molar-refractivity contribution in [1.29, 1.82) is 0 Å². The number of ether oxygens (including phenoxy) is 9. The van der Waals surface area contributed by atoms with Crippen LogP contribution in [0.2, 0.25) is 20.1 Å². The van der Waals surface area contributed by atoms with Crippen LogP contribution in [0.5, 0.6) is 34.5 Å². The summed E-state index contributed by atoms with van der Waals surface area (Å²) in [6.07, 6.45) is -0.633. The lowest BCUT2D eigenvalue weighted by Crippen LogP contribution is -2.34. The highest BCUT2D eigenvalue weighted by Crippen LogP contribution is 2.37. The fraction of sp³-hybridized carbons (Fsp3) is 0.417. The molecule has 0 bridgehead atoms. The number of methoxy groups -OCH3 is 2. The molecule has 0 saturated carbocycles. The molecule has 0 fully saturated rings. The minimum Gasteiger partial charge on any atom is -0.479 e. The van der Waals surface area contributed by atoms with Crippen molar-refractivity contribution in [3.63, 3.8) is 0 Å². The summed E-state index contributed by atoms with van der Waals surface area (Å²) < 4.78 is 63.9. The molecule has 0 radical (unpaired) electrons. The molecule has 6 aromatic carbocycles. The standard InChI is InChI=1S/C16H21ClO4.C15H19BrO4.C15H17ClO3.C14H17BrO4.2C12H13ClO4.6H2S/c1-6-13(18)12-9-11(17)7-8-14(12)20-10(2)15(19)21-16(3,4)5;1-5-12(17)11-8-10(16)6-7-13(11)20-14(9(2)3)15(18)19-4;1-10(15(17)18-2)19-14-8-7-12(16)9-13(14)11-5-3-4-6-11;1-4-11(16)10-7-9(15)5-6-12(10)19-13(8(2)3)14(17)18;2*1-3-10(14)9-6-8(13)4-5-11(9)17-7(2)12(15)16;;;;;;/h7-10H,6H2,1-5H3;6-9,14H,5H2,1-4H3;5,7-10H,3-4,6H2,1-2H3;5-8,13H,4H2,1-3H3,(H,17,18);2*4-7H,3H2,1-2H3,(H,15,16);6*1H2/t10-;14-;10-;13-;2*7-;;;;;;/m000000....../s1/i;;;;3D2;;;;;;;. The third-order valence-corrected chi connectivity index (χ3v) is 17.5. The van der Waals surface area contributed by atoms with Gasteiger partial charge in [-0.25, -0.2) is 28.8 Å². The van der Waals surface area contributed by atoms with E-state index in [4.69, 9.17) is 102 Å². The average Bonchev–Trinajstić information content (AvgIpc) is 1.64. The lowest BCUT2D eigenvalue weighted by Gasteiger charge is -2.23. The normalized spacial score (nSPS) is 12.5. The molecule has 0 unspecified atom stereocenters. The number of halogens is 6. The average molecular weight is 1990 g/mol. The Hall–Kier alpha value is -6.75. The van der Waals surface area contributed by atoms with Gasteiger partial charge in [0.15, 0.2) is 65.5 Å². The molecular formula is C84H112Br2Cl4O23S6. The van der Waals surface area contributed by atoms with Gasteiger partial charge in [-0.15, -0.1) is 0 Å². The van der Waals surface area contributed by atoms with Crippen LogP contribution in [-0.4, -0.2) is 136 Å². The van der Waals surface area contributed by atoms with Gasteiger partial charge in [0.1, 0.15) is 40.1 Å². The Bertz CT molecular complexity index is 4440. The van der Waals surface area contributed by atoms with Gasteiger partial charge in [-0.3, -0.25) is 24.0 Å². The minimum absolute atomic E-state index is 0. The number of carboxylic acids is 3. The van der Waals surface area contributed by atoms with Gasteiger partial charge in [-0.05, 0) is 182 Å². The third-order valence-electron chi connectivity index (χ3n) is 15.6. The molecule has 1 aliphatic carbocycles. The van der Waals surface area contributed by atoms with Gasteiger partial charge >= 0.3 is 35.8 Å². The molecule has 3 N–H and O–H groups in total. The number of esters is 3. The molecule has 6 aromatic rings. The van der Waals surface area contributed by atoms with Crippen molar-refractivity contribution in [2.75, 3.05) is 14.2 Å². The maximum absolute atomic E-state index is 12.0. The summed E-state index contributed by atoms with van der Waals surface area (Å²) in [7, 11) is 2.67. The number of carbonyl (C=O) groups is 11. The smallest absolute Gasteiger partial charge is 0.347 e. The highest BCUT2D eigenvalue weighted by molar-refractivity contribution is 9.10. The van der Waals surface area contributed by atoms with Crippen molar-refractivity contribution in [3.8, 4) is 34.5 Å². The van der Waals surface area contributed by atoms with Crippen LogP contribution in [-0.2, 0) is 43.0 Å². The molecule has 0 spiro atoms. The van der Waals surface area contributed by atoms with Crippen LogP contribution >= 0.6 is 159 Å². The Balaban J connectivity index is -0.000000441. The second kappa shape index (κ2) is 60.7. The maximum atomic E-state index is 12.0. The van der Waals surface area contributed by atoms with Gasteiger partial charge in [0, 0.05) is 81.2 Å². The van der Waals surface area contributed by atoms with Crippen LogP contribution in [0.1, 0.15) is 222 Å². The van der Waals surface area contributed by atoms with E-state index in [0.29, 0.717) is 86.0 Å². The zero-order valence-electron chi connectivity index (χ0n) is 71.3. The Morgan fingerprint density at radius 1 is 0.403 bits per heavy atom. The predicted octanol–water partition coefficient (Wildman–Crippen LogP) is 21.3.